The van der Waals surface area contributed by atoms with E-state index in [9.17, 15) is 9.59 Å². The summed E-state index contributed by atoms with van der Waals surface area (Å²) in [6.07, 6.45) is -0.368. The van der Waals surface area contributed by atoms with Crippen LogP contribution in [0.3, 0.4) is 0 Å². The number of methoxy groups -OCH3 is 1. The van der Waals surface area contributed by atoms with E-state index in [1.165, 1.54) is 7.11 Å². The van der Waals surface area contributed by atoms with Gasteiger partial charge in [-0.15, -0.1) is 0 Å². The lowest BCUT2D eigenvalue weighted by Gasteiger charge is -2.43. The molecular weight excluding hydrogens is 274 g/mol. The van der Waals surface area contributed by atoms with Crippen molar-refractivity contribution in [3.05, 3.63) is 0 Å². The molecule has 0 bridgehead atoms. The van der Waals surface area contributed by atoms with E-state index in [4.69, 9.17) is 4.43 Å². The van der Waals surface area contributed by atoms with Gasteiger partial charge in [0.2, 0.25) is 5.91 Å². The first-order chi connectivity index (χ1) is 8.99. The molecule has 1 aliphatic rings. The molecule has 0 N–H and O–H groups in total. The lowest BCUT2D eigenvalue weighted by Crippen LogP contribution is -2.54. The van der Waals surface area contributed by atoms with Crippen LogP contribution in [0.15, 0.2) is 0 Å². The molecule has 0 saturated carbocycles. The number of piperidine rings is 1. The fourth-order valence-corrected chi connectivity index (χ4v) is 3.39. The molecule has 5 nitrogen and oxygen atoms in total. The highest BCUT2D eigenvalue weighted by atomic mass is 28.4. The molecule has 0 aromatic rings. The number of ether oxygens (including phenoxy) is 1. The molecule has 2 amide bonds. The van der Waals surface area contributed by atoms with Gasteiger partial charge < -0.3 is 9.16 Å². The van der Waals surface area contributed by atoms with Crippen LogP contribution in [0.2, 0.25) is 18.1 Å². The van der Waals surface area contributed by atoms with Crippen LogP contribution in [-0.4, -0.2) is 45.0 Å². The lowest BCUT2D eigenvalue weighted by atomic mass is 9.96. The second-order valence-corrected chi connectivity index (χ2v) is 11.8. The molecule has 0 spiro atoms. The minimum absolute atomic E-state index is 0.101. The first-order valence-corrected chi connectivity index (χ1v) is 9.96. The molecule has 1 saturated heterocycles. The average Bonchev–Trinajstić information content (AvgIpc) is 2.30. The number of hydrogen-bond acceptors (Lipinski definition) is 4. The molecule has 6 heteroatoms. The van der Waals surface area contributed by atoms with Gasteiger partial charge in [-0.3, -0.25) is 4.79 Å². The van der Waals surface area contributed by atoms with Crippen molar-refractivity contribution in [1.29, 1.82) is 0 Å². The van der Waals surface area contributed by atoms with E-state index in [1.807, 2.05) is 6.92 Å². The Morgan fingerprint density at radius 2 is 1.90 bits per heavy atom. The Bertz CT molecular complexity index is 389. The molecule has 0 aliphatic carbocycles. The number of likely N-dealkylation sites (tertiary alicyclic amines) is 1. The second kappa shape index (κ2) is 5.85. The third-order valence-electron chi connectivity index (χ3n) is 4.44. The van der Waals surface area contributed by atoms with E-state index in [1.54, 1.807) is 0 Å². The normalized spacial score (nSPS) is 24.8. The predicted octanol–water partition coefficient (Wildman–Crippen LogP) is 3.01. The number of carbonyl (C=O) groups is 2. The number of nitrogens with zero attached hydrogens (tertiary/aromatic N) is 1. The minimum atomic E-state index is -1.92. The molecule has 116 valence electrons. The van der Waals surface area contributed by atoms with Gasteiger partial charge in [0.1, 0.15) is 0 Å². The largest absolute Gasteiger partial charge is 0.452 e. The Morgan fingerprint density at radius 1 is 1.35 bits per heavy atom. The third-order valence-corrected chi connectivity index (χ3v) is 8.95. The summed E-state index contributed by atoms with van der Waals surface area (Å²) < 4.78 is 11.0. The summed E-state index contributed by atoms with van der Waals surface area (Å²) in [5.41, 5.74) is 0. The number of hydrogen-bond donors (Lipinski definition) is 0. The van der Waals surface area contributed by atoms with Gasteiger partial charge in [0.25, 0.3) is 0 Å². The number of rotatable bonds is 2. The summed E-state index contributed by atoms with van der Waals surface area (Å²) in [4.78, 5) is 24.7. The van der Waals surface area contributed by atoms with E-state index < -0.39 is 14.4 Å². The summed E-state index contributed by atoms with van der Waals surface area (Å²) in [7, 11) is -0.632. The summed E-state index contributed by atoms with van der Waals surface area (Å²) >= 11 is 0. The molecule has 0 aromatic heterocycles. The van der Waals surface area contributed by atoms with Crippen LogP contribution in [0, 0.1) is 5.92 Å². The van der Waals surface area contributed by atoms with Crippen LogP contribution in [0.1, 0.15) is 34.1 Å². The van der Waals surface area contributed by atoms with Crippen LogP contribution < -0.4 is 0 Å². The zero-order chi connectivity index (χ0) is 15.7. The molecule has 20 heavy (non-hydrogen) atoms. The van der Waals surface area contributed by atoms with Crippen molar-refractivity contribution in [2.24, 2.45) is 5.92 Å². The highest BCUT2D eigenvalue weighted by molar-refractivity contribution is 6.74. The van der Waals surface area contributed by atoms with Crippen LogP contribution in [-0.2, 0) is 14.0 Å². The van der Waals surface area contributed by atoms with Gasteiger partial charge in [0.15, 0.2) is 8.32 Å². The van der Waals surface area contributed by atoms with Gasteiger partial charge in [-0.1, -0.05) is 27.7 Å². The zero-order valence-electron chi connectivity index (χ0n) is 13.6. The fraction of sp³-hybridized carbons (Fsp3) is 0.857. The minimum Gasteiger partial charge on any atom is -0.452 e. The van der Waals surface area contributed by atoms with Crippen LogP contribution >= 0.6 is 0 Å². The van der Waals surface area contributed by atoms with Crippen LogP contribution in [0.25, 0.3) is 0 Å². The van der Waals surface area contributed by atoms with E-state index in [0.29, 0.717) is 13.0 Å². The van der Waals surface area contributed by atoms with Crippen molar-refractivity contribution < 1.29 is 18.8 Å². The molecule has 2 atom stereocenters. The Hall–Kier alpha value is -0.883. The van der Waals surface area contributed by atoms with Crippen molar-refractivity contribution in [1.82, 2.24) is 4.90 Å². The molecule has 1 rings (SSSR count). The van der Waals surface area contributed by atoms with Gasteiger partial charge >= 0.3 is 6.09 Å². The van der Waals surface area contributed by atoms with E-state index >= 15 is 0 Å². The number of carbonyl (C=O) groups excluding carboxylic acids is 2. The second-order valence-electron chi connectivity index (χ2n) is 7.07. The first kappa shape index (κ1) is 17.2. The molecule has 0 unspecified atom stereocenters. The van der Waals surface area contributed by atoms with Crippen molar-refractivity contribution in [2.45, 2.75) is 58.4 Å². The van der Waals surface area contributed by atoms with Gasteiger partial charge in [-0.25, -0.2) is 9.69 Å². The standard InChI is InChI=1S/C14H27NO4Si/c1-10-8-12(16)15(13(17)18-5)9-11(10)19-20(6,7)14(2,3)4/h10-11H,8-9H2,1-7H3/t10-,11+/m0/s1. The molecular formula is C14H27NO4Si. The van der Waals surface area contributed by atoms with E-state index in [0.717, 1.165) is 4.90 Å². The SMILES string of the molecule is COC(=O)N1C[C@@H](O[Si](C)(C)C(C)(C)C)[C@@H](C)CC1=O. The average molecular weight is 301 g/mol. The van der Waals surface area contributed by atoms with Crippen LogP contribution in [0.5, 0.6) is 0 Å². The number of amides is 2. The molecule has 1 aliphatic heterocycles. The Labute approximate surface area is 122 Å². The van der Waals surface area contributed by atoms with Gasteiger partial charge in [0.05, 0.1) is 19.8 Å². The molecule has 1 heterocycles. The van der Waals surface area contributed by atoms with Gasteiger partial charge in [-0.05, 0) is 24.1 Å². The summed E-state index contributed by atoms with van der Waals surface area (Å²) in [5, 5.41) is 0.101. The van der Waals surface area contributed by atoms with Crippen molar-refractivity contribution in [3.8, 4) is 0 Å². The van der Waals surface area contributed by atoms with Crippen LogP contribution in [0.4, 0.5) is 4.79 Å². The highest BCUT2D eigenvalue weighted by Gasteiger charge is 2.43. The first-order valence-electron chi connectivity index (χ1n) is 7.05. The predicted molar refractivity (Wildman–Crippen MR) is 80.0 cm³/mol. The summed E-state index contributed by atoms with van der Waals surface area (Å²) in [6, 6.07) is 0. The molecule has 0 aromatic carbocycles. The fourth-order valence-electron chi connectivity index (χ4n) is 1.97. The zero-order valence-corrected chi connectivity index (χ0v) is 14.6. The van der Waals surface area contributed by atoms with Crippen molar-refractivity contribution in [3.63, 3.8) is 0 Å². The lowest BCUT2D eigenvalue weighted by molar-refractivity contribution is -0.136. The highest BCUT2D eigenvalue weighted by Crippen LogP contribution is 2.39. The Morgan fingerprint density at radius 3 is 2.35 bits per heavy atom. The molecule has 0 radical (unpaired) electrons. The van der Waals surface area contributed by atoms with Gasteiger partial charge in [0, 0.05) is 6.42 Å². The maximum atomic E-state index is 11.9. The van der Waals surface area contributed by atoms with E-state index in [2.05, 4.69) is 38.6 Å². The smallest absolute Gasteiger partial charge is 0.416 e. The maximum Gasteiger partial charge on any atom is 0.416 e. The monoisotopic (exact) mass is 301 g/mol. The quantitative estimate of drug-likeness (QED) is 0.736. The summed E-state index contributed by atoms with van der Waals surface area (Å²) in [6.45, 7) is 13.2. The topological polar surface area (TPSA) is 55.8 Å². The Kier molecular flexibility index (Phi) is 5.02. The van der Waals surface area contributed by atoms with Gasteiger partial charge in [-0.2, -0.15) is 0 Å². The van der Waals surface area contributed by atoms with E-state index in [-0.39, 0.29) is 23.0 Å². The molecule has 1 fully saturated rings. The van der Waals surface area contributed by atoms with Crippen molar-refractivity contribution >= 4 is 20.3 Å². The summed E-state index contributed by atoms with van der Waals surface area (Å²) in [5.74, 6) is -0.0584. The number of imide groups is 1. The Balaban J connectivity index is 2.85. The maximum absolute atomic E-state index is 11.9. The third kappa shape index (κ3) is 3.61. The van der Waals surface area contributed by atoms with Crippen molar-refractivity contribution in [2.75, 3.05) is 13.7 Å².